The summed E-state index contributed by atoms with van der Waals surface area (Å²) in [5.41, 5.74) is -0.995. The maximum atomic E-state index is 11.3. The third-order valence-corrected chi connectivity index (χ3v) is 4.70. The second-order valence-electron chi connectivity index (χ2n) is 5.39. The van der Waals surface area contributed by atoms with Crippen LogP contribution in [0, 0.1) is 0 Å². The van der Waals surface area contributed by atoms with Crippen LogP contribution in [0.25, 0.3) is 0 Å². The van der Waals surface area contributed by atoms with Gasteiger partial charge in [-0.1, -0.05) is 0 Å². The van der Waals surface area contributed by atoms with Crippen molar-refractivity contribution in [3.8, 4) is 0 Å². The molecular weight excluding hydrogens is 214 g/mol. The maximum absolute atomic E-state index is 11.3. The standard InChI is InChI=1S/C10H21NO3S/c1-9(2,12)4-6-11-10(3)5-7-15(13,14)8-10/h11-12H,4-8H2,1-3H3. The van der Waals surface area contributed by atoms with Crippen LogP contribution < -0.4 is 5.32 Å². The van der Waals surface area contributed by atoms with Gasteiger partial charge >= 0.3 is 0 Å². The van der Waals surface area contributed by atoms with Crippen molar-refractivity contribution in [2.45, 2.75) is 44.8 Å². The second-order valence-corrected chi connectivity index (χ2v) is 7.58. The van der Waals surface area contributed by atoms with Gasteiger partial charge in [0.25, 0.3) is 0 Å². The quantitative estimate of drug-likeness (QED) is 0.736. The van der Waals surface area contributed by atoms with Gasteiger partial charge in [0.15, 0.2) is 9.84 Å². The van der Waals surface area contributed by atoms with E-state index in [1.165, 1.54) is 0 Å². The van der Waals surface area contributed by atoms with Gasteiger partial charge in [0.2, 0.25) is 0 Å². The molecule has 1 aliphatic rings. The summed E-state index contributed by atoms with van der Waals surface area (Å²) < 4.78 is 22.6. The minimum Gasteiger partial charge on any atom is -0.390 e. The van der Waals surface area contributed by atoms with E-state index in [9.17, 15) is 13.5 Å². The fourth-order valence-corrected chi connectivity index (χ4v) is 3.94. The molecule has 0 saturated carbocycles. The zero-order valence-corrected chi connectivity index (χ0v) is 10.5. The Morgan fingerprint density at radius 2 is 2.07 bits per heavy atom. The molecular formula is C10H21NO3S. The van der Waals surface area contributed by atoms with E-state index in [1.54, 1.807) is 13.8 Å². The molecule has 1 rings (SSSR count). The van der Waals surface area contributed by atoms with Crippen LogP contribution in [0.15, 0.2) is 0 Å². The van der Waals surface area contributed by atoms with Crippen LogP contribution >= 0.6 is 0 Å². The van der Waals surface area contributed by atoms with Gasteiger partial charge in [-0.2, -0.15) is 0 Å². The van der Waals surface area contributed by atoms with E-state index in [2.05, 4.69) is 5.32 Å². The van der Waals surface area contributed by atoms with Crippen molar-refractivity contribution in [1.82, 2.24) is 5.32 Å². The molecule has 0 bridgehead atoms. The largest absolute Gasteiger partial charge is 0.390 e. The Hall–Kier alpha value is -0.130. The van der Waals surface area contributed by atoms with Crippen molar-refractivity contribution in [2.75, 3.05) is 18.1 Å². The topological polar surface area (TPSA) is 66.4 Å². The summed E-state index contributed by atoms with van der Waals surface area (Å²) in [6.45, 7) is 6.09. The van der Waals surface area contributed by atoms with Crippen molar-refractivity contribution in [3.63, 3.8) is 0 Å². The third-order valence-electron chi connectivity index (χ3n) is 2.79. The number of hydrogen-bond acceptors (Lipinski definition) is 4. The Labute approximate surface area is 92.0 Å². The number of rotatable bonds is 4. The minimum absolute atomic E-state index is 0.214. The highest BCUT2D eigenvalue weighted by Gasteiger charge is 2.37. The van der Waals surface area contributed by atoms with Crippen LogP contribution in [0.1, 0.15) is 33.6 Å². The Kier molecular flexibility index (Phi) is 3.48. The zero-order valence-electron chi connectivity index (χ0n) is 9.71. The first-order valence-electron chi connectivity index (χ1n) is 5.30. The Morgan fingerprint density at radius 1 is 1.47 bits per heavy atom. The van der Waals surface area contributed by atoms with Crippen LogP contribution in [0.2, 0.25) is 0 Å². The lowest BCUT2D eigenvalue weighted by atomic mass is 10.00. The van der Waals surface area contributed by atoms with Crippen molar-refractivity contribution in [3.05, 3.63) is 0 Å². The lowest BCUT2D eigenvalue weighted by Crippen LogP contribution is -2.45. The van der Waals surface area contributed by atoms with Crippen LogP contribution in [-0.4, -0.2) is 42.7 Å². The molecule has 5 heteroatoms. The summed E-state index contributed by atoms with van der Waals surface area (Å²) in [5.74, 6) is 0.491. The maximum Gasteiger partial charge on any atom is 0.152 e. The fraction of sp³-hybridized carbons (Fsp3) is 1.00. The lowest BCUT2D eigenvalue weighted by molar-refractivity contribution is 0.0692. The Bertz CT molecular complexity index is 318. The highest BCUT2D eigenvalue weighted by Crippen LogP contribution is 2.23. The summed E-state index contributed by atoms with van der Waals surface area (Å²) >= 11 is 0. The summed E-state index contributed by atoms with van der Waals surface area (Å²) in [6, 6.07) is 0. The number of hydrogen-bond donors (Lipinski definition) is 2. The van der Waals surface area contributed by atoms with Crippen molar-refractivity contribution < 1.29 is 13.5 Å². The molecule has 2 N–H and O–H groups in total. The Balaban J connectivity index is 2.40. The fourth-order valence-electron chi connectivity index (χ4n) is 1.82. The van der Waals surface area contributed by atoms with Gasteiger partial charge in [-0.3, -0.25) is 0 Å². The van der Waals surface area contributed by atoms with Gasteiger partial charge in [-0.15, -0.1) is 0 Å². The first-order chi connectivity index (χ1) is 6.62. The number of nitrogens with one attached hydrogen (secondary N) is 1. The third kappa shape index (κ3) is 4.49. The first kappa shape index (κ1) is 12.9. The highest BCUT2D eigenvalue weighted by molar-refractivity contribution is 7.91. The van der Waals surface area contributed by atoms with Crippen molar-refractivity contribution in [1.29, 1.82) is 0 Å². The monoisotopic (exact) mass is 235 g/mol. The molecule has 0 spiro atoms. The summed E-state index contributed by atoms with van der Waals surface area (Å²) in [4.78, 5) is 0. The van der Waals surface area contributed by atoms with Crippen LogP contribution in [0.5, 0.6) is 0 Å². The molecule has 0 aromatic rings. The lowest BCUT2D eigenvalue weighted by Gasteiger charge is -2.26. The normalized spacial score (nSPS) is 30.7. The predicted octanol–water partition coefficient (Wildman–Crippen LogP) is 0.314. The van der Waals surface area contributed by atoms with Crippen molar-refractivity contribution in [2.24, 2.45) is 0 Å². The molecule has 1 saturated heterocycles. The predicted molar refractivity (Wildman–Crippen MR) is 60.6 cm³/mol. The zero-order chi connectivity index (χ0) is 11.7. The molecule has 1 fully saturated rings. The summed E-state index contributed by atoms with van der Waals surface area (Å²) in [7, 11) is -2.84. The van der Waals surface area contributed by atoms with Gasteiger partial charge in [0.05, 0.1) is 17.1 Å². The molecule has 0 aromatic heterocycles. The minimum atomic E-state index is -2.84. The van der Waals surface area contributed by atoms with E-state index >= 15 is 0 Å². The molecule has 1 unspecified atom stereocenters. The van der Waals surface area contributed by atoms with Crippen LogP contribution in [-0.2, 0) is 9.84 Å². The number of sulfone groups is 1. The molecule has 4 nitrogen and oxygen atoms in total. The van der Waals surface area contributed by atoms with Crippen LogP contribution in [0.4, 0.5) is 0 Å². The van der Waals surface area contributed by atoms with E-state index < -0.39 is 15.4 Å². The molecule has 0 radical (unpaired) electrons. The van der Waals surface area contributed by atoms with Gasteiger partial charge in [0.1, 0.15) is 0 Å². The smallest absolute Gasteiger partial charge is 0.152 e. The molecule has 90 valence electrons. The second kappa shape index (κ2) is 4.03. The molecule has 0 aromatic carbocycles. The number of aliphatic hydroxyl groups is 1. The average molecular weight is 235 g/mol. The molecule has 1 aliphatic heterocycles. The van der Waals surface area contributed by atoms with Gasteiger partial charge < -0.3 is 10.4 Å². The summed E-state index contributed by atoms with van der Waals surface area (Å²) in [5, 5.41) is 12.8. The van der Waals surface area contributed by atoms with Gasteiger partial charge in [-0.25, -0.2) is 8.42 Å². The summed E-state index contributed by atoms with van der Waals surface area (Å²) in [6.07, 6.45) is 1.30. The van der Waals surface area contributed by atoms with Gasteiger partial charge in [0, 0.05) is 5.54 Å². The van der Waals surface area contributed by atoms with E-state index in [0.29, 0.717) is 19.4 Å². The van der Waals surface area contributed by atoms with Crippen molar-refractivity contribution >= 4 is 9.84 Å². The molecule has 0 amide bonds. The molecule has 1 atom stereocenters. The van der Waals surface area contributed by atoms with E-state index in [1.807, 2.05) is 6.92 Å². The van der Waals surface area contributed by atoms with E-state index in [4.69, 9.17) is 0 Å². The SMILES string of the molecule is CC(C)(O)CCNC1(C)CCS(=O)(=O)C1. The highest BCUT2D eigenvalue weighted by atomic mass is 32.2. The molecule has 15 heavy (non-hydrogen) atoms. The first-order valence-corrected chi connectivity index (χ1v) is 7.12. The Morgan fingerprint density at radius 3 is 2.47 bits per heavy atom. The molecule has 0 aliphatic carbocycles. The average Bonchev–Trinajstić information content (AvgIpc) is 2.23. The van der Waals surface area contributed by atoms with E-state index in [0.717, 1.165) is 0 Å². The molecule has 1 heterocycles. The van der Waals surface area contributed by atoms with E-state index in [-0.39, 0.29) is 17.0 Å². The van der Waals surface area contributed by atoms with Gasteiger partial charge in [-0.05, 0) is 40.2 Å². The van der Waals surface area contributed by atoms with Crippen LogP contribution in [0.3, 0.4) is 0 Å².